The molecule has 0 aliphatic carbocycles. The Balaban J connectivity index is 1.60. The van der Waals surface area contributed by atoms with E-state index in [9.17, 15) is 4.79 Å². The van der Waals surface area contributed by atoms with Crippen molar-refractivity contribution in [1.29, 1.82) is 0 Å². The summed E-state index contributed by atoms with van der Waals surface area (Å²) in [5, 5.41) is 8.83. The van der Waals surface area contributed by atoms with Gasteiger partial charge in [-0.2, -0.15) is 5.10 Å². The average molecular weight is 441 g/mol. The summed E-state index contributed by atoms with van der Waals surface area (Å²) in [5.41, 5.74) is 1.84. The number of benzene rings is 1. The van der Waals surface area contributed by atoms with Crippen molar-refractivity contribution in [3.63, 3.8) is 0 Å². The van der Waals surface area contributed by atoms with Gasteiger partial charge in [-0.05, 0) is 35.2 Å². The average Bonchev–Trinajstić information content (AvgIpc) is 3.48. The Morgan fingerprint density at radius 3 is 2.67 bits per heavy atom. The van der Waals surface area contributed by atoms with Crippen LogP contribution in [-0.4, -0.2) is 46.6 Å². The molecule has 30 heavy (non-hydrogen) atoms. The minimum atomic E-state index is -0.216. The number of hydrogen-bond acceptors (Lipinski definition) is 8. The molecule has 1 aromatic carbocycles. The van der Waals surface area contributed by atoms with Crippen LogP contribution < -0.4 is 9.47 Å². The number of amides is 1. The molecule has 0 saturated heterocycles. The van der Waals surface area contributed by atoms with E-state index in [0.29, 0.717) is 23.1 Å². The molecule has 0 saturated carbocycles. The van der Waals surface area contributed by atoms with E-state index in [1.165, 1.54) is 11.8 Å². The van der Waals surface area contributed by atoms with Crippen LogP contribution in [0.1, 0.15) is 22.9 Å². The molecular weight excluding hydrogens is 420 g/mol. The third kappa shape index (κ3) is 4.31. The third-order valence-electron chi connectivity index (χ3n) is 4.63. The lowest BCUT2D eigenvalue weighted by Crippen LogP contribution is -2.28. The standard InChI is InChI=1S/C21H20N4O3S2/c1-27-17-7-6-14(11-18(17)28-2)16-12-15(19-5-3-10-29-19)24-25(16)20(26)13-30-21-22-8-4-9-23-21/h3-11,16H,12-13H2,1-2H3. The first-order valence-electron chi connectivity index (χ1n) is 9.24. The quantitative estimate of drug-likeness (QED) is 0.408. The highest BCUT2D eigenvalue weighted by molar-refractivity contribution is 7.99. The van der Waals surface area contributed by atoms with E-state index in [1.54, 1.807) is 49.0 Å². The number of thiophene rings is 1. The zero-order chi connectivity index (χ0) is 20.9. The van der Waals surface area contributed by atoms with E-state index >= 15 is 0 Å². The Hall–Kier alpha value is -2.91. The molecule has 0 fully saturated rings. The second kappa shape index (κ2) is 9.27. The molecule has 9 heteroatoms. The Bertz CT molecular complexity index is 1040. The van der Waals surface area contributed by atoms with Gasteiger partial charge in [0.25, 0.3) is 5.91 Å². The fourth-order valence-electron chi connectivity index (χ4n) is 3.20. The van der Waals surface area contributed by atoms with Crippen LogP contribution in [0, 0.1) is 0 Å². The van der Waals surface area contributed by atoms with Crippen LogP contribution in [0.25, 0.3) is 0 Å². The summed E-state index contributed by atoms with van der Waals surface area (Å²) in [6, 6.07) is 11.3. The highest BCUT2D eigenvalue weighted by atomic mass is 32.2. The zero-order valence-electron chi connectivity index (χ0n) is 16.5. The number of methoxy groups -OCH3 is 2. The summed E-state index contributed by atoms with van der Waals surface area (Å²) in [4.78, 5) is 22.5. The normalized spacial score (nSPS) is 15.7. The maximum Gasteiger partial charge on any atom is 0.253 e. The predicted molar refractivity (Wildman–Crippen MR) is 117 cm³/mol. The molecular formula is C21H20N4O3S2. The van der Waals surface area contributed by atoms with Gasteiger partial charge in [-0.1, -0.05) is 23.9 Å². The molecule has 0 bridgehead atoms. The molecule has 1 unspecified atom stereocenters. The smallest absolute Gasteiger partial charge is 0.253 e. The number of carbonyl (C=O) groups excluding carboxylic acids is 1. The van der Waals surface area contributed by atoms with Gasteiger partial charge in [-0.25, -0.2) is 15.0 Å². The Morgan fingerprint density at radius 2 is 1.97 bits per heavy atom. The van der Waals surface area contributed by atoms with E-state index in [1.807, 2.05) is 35.7 Å². The number of nitrogens with zero attached hydrogens (tertiary/aromatic N) is 4. The number of thioether (sulfide) groups is 1. The van der Waals surface area contributed by atoms with Gasteiger partial charge in [-0.15, -0.1) is 11.3 Å². The molecule has 3 heterocycles. The lowest BCUT2D eigenvalue weighted by molar-refractivity contribution is -0.130. The van der Waals surface area contributed by atoms with Crippen LogP contribution >= 0.6 is 23.1 Å². The first kappa shape index (κ1) is 20.4. The summed E-state index contributed by atoms with van der Waals surface area (Å²) < 4.78 is 10.8. The Labute approximate surface area is 182 Å². The van der Waals surface area contributed by atoms with Crippen molar-refractivity contribution >= 4 is 34.7 Å². The number of ether oxygens (including phenoxy) is 2. The van der Waals surface area contributed by atoms with Crippen LogP contribution in [0.5, 0.6) is 11.5 Å². The SMILES string of the molecule is COc1ccc(C2CC(c3cccs3)=NN2C(=O)CSc2ncccn2)cc1OC. The third-order valence-corrected chi connectivity index (χ3v) is 6.41. The van der Waals surface area contributed by atoms with Crippen molar-refractivity contribution in [3.05, 3.63) is 64.6 Å². The van der Waals surface area contributed by atoms with Crippen molar-refractivity contribution in [1.82, 2.24) is 15.0 Å². The number of aromatic nitrogens is 2. The number of carbonyl (C=O) groups is 1. The molecule has 0 spiro atoms. The minimum Gasteiger partial charge on any atom is -0.493 e. The fourth-order valence-corrected chi connectivity index (χ4v) is 4.58. The highest BCUT2D eigenvalue weighted by Crippen LogP contribution is 2.38. The molecule has 1 atom stereocenters. The van der Waals surface area contributed by atoms with Crippen molar-refractivity contribution in [2.45, 2.75) is 17.6 Å². The monoisotopic (exact) mass is 440 g/mol. The van der Waals surface area contributed by atoms with E-state index < -0.39 is 0 Å². The lowest BCUT2D eigenvalue weighted by Gasteiger charge is -2.22. The van der Waals surface area contributed by atoms with Crippen LogP contribution in [0.2, 0.25) is 0 Å². The van der Waals surface area contributed by atoms with Crippen molar-refractivity contribution in [3.8, 4) is 11.5 Å². The lowest BCUT2D eigenvalue weighted by atomic mass is 10.0. The van der Waals surface area contributed by atoms with Gasteiger partial charge in [0.2, 0.25) is 0 Å². The van der Waals surface area contributed by atoms with E-state index in [2.05, 4.69) is 15.1 Å². The molecule has 154 valence electrons. The number of hydrogen-bond donors (Lipinski definition) is 0. The summed E-state index contributed by atoms with van der Waals surface area (Å²) in [6.45, 7) is 0. The molecule has 0 N–H and O–H groups in total. The van der Waals surface area contributed by atoms with Crippen molar-refractivity contribution in [2.75, 3.05) is 20.0 Å². The summed E-state index contributed by atoms with van der Waals surface area (Å²) in [5.74, 6) is 1.38. The topological polar surface area (TPSA) is 76.9 Å². The van der Waals surface area contributed by atoms with Gasteiger partial charge in [0.1, 0.15) is 0 Å². The molecule has 4 rings (SSSR count). The van der Waals surface area contributed by atoms with E-state index in [0.717, 1.165) is 16.2 Å². The second-order valence-corrected chi connectivity index (χ2v) is 8.31. The van der Waals surface area contributed by atoms with Crippen LogP contribution in [-0.2, 0) is 4.79 Å². The van der Waals surface area contributed by atoms with Gasteiger partial charge in [0, 0.05) is 18.8 Å². The van der Waals surface area contributed by atoms with Crippen molar-refractivity contribution in [2.24, 2.45) is 5.10 Å². The molecule has 0 radical (unpaired) electrons. The molecule has 1 amide bonds. The molecule has 2 aromatic heterocycles. The first-order valence-corrected chi connectivity index (χ1v) is 11.1. The minimum absolute atomic E-state index is 0.0983. The van der Waals surface area contributed by atoms with E-state index in [4.69, 9.17) is 9.47 Å². The fraction of sp³-hybridized carbons (Fsp3) is 0.238. The molecule has 1 aliphatic rings. The van der Waals surface area contributed by atoms with Gasteiger partial charge >= 0.3 is 0 Å². The highest BCUT2D eigenvalue weighted by Gasteiger charge is 2.34. The van der Waals surface area contributed by atoms with Crippen LogP contribution in [0.15, 0.2) is 64.4 Å². The summed E-state index contributed by atoms with van der Waals surface area (Å²) in [7, 11) is 3.20. The van der Waals surface area contributed by atoms with E-state index in [-0.39, 0.29) is 17.7 Å². The largest absolute Gasteiger partial charge is 0.493 e. The predicted octanol–water partition coefficient (Wildman–Crippen LogP) is 4.03. The van der Waals surface area contributed by atoms with Crippen molar-refractivity contribution < 1.29 is 14.3 Å². The second-order valence-electron chi connectivity index (χ2n) is 6.42. The van der Waals surface area contributed by atoms with Gasteiger partial charge in [0.15, 0.2) is 16.7 Å². The van der Waals surface area contributed by atoms with Gasteiger partial charge in [-0.3, -0.25) is 4.79 Å². The molecule has 7 nitrogen and oxygen atoms in total. The molecule has 1 aliphatic heterocycles. The van der Waals surface area contributed by atoms with Gasteiger partial charge < -0.3 is 9.47 Å². The van der Waals surface area contributed by atoms with Crippen LogP contribution in [0.3, 0.4) is 0 Å². The zero-order valence-corrected chi connectivity index (χ0v) is 18.2. The van der Waals surface area contributed by atoms with Crippen LogP contribution in [0.4, 0.5) is 0 Å². The summed E-state index contributed by atoms with van der Waals surface area (Å²) in [6.07, 6.45) is 3.96. The first-order chi connectivity index (χ1) is 14.7. The maximum atomic E-state index is 13.1. The number of rotatable bonds is 7. The maximum absolute atomic E-state index is 13.1. The summed E-state index contributed by atoms with van der Waals surface area (Å²) >= 11 is 2.92. The molecule has 3 aromatic rings. The Morgan fingerprint density at radius 1 is 1.17 bits per heavy atom. The Kier molecular flexibility index (Phi) is 6.29. The van der Waals surface area contributed by atoms with Gasteiger partial charge in [0.05, 0.1) is 36.6 Å². The number of hydrazone groups is 1.